The van der Waals surface area contributed by atoms with Crippen LogP contribution in [0.15, 0.2) is 69.5 Å². The van der Waals surface area contributed by atoms with Gasteiger partial charge in [0, 0.05) is 28.8 Å². The third-order valence-electron chi connectivity index (χ3n) is 7.42. The summed E-state index contributed by atoms with van der Waals surface area (Å²) in [4.78, 5) is 28.3. The number of allylic oxidation sites excluding steroid dienone is 3. The molecule has 9 nitrogen and oxygen atoms in total. The van der Waals surface area contributed by atoms with Crippen molar-refractivity contribution in [2.45, 2.75) is 43.9 Å². The topological polar surface area (TPSA) is 131 Å². The Kier molecular flexibility index (Phi) is 8.12. The van der Waals surface area contributed by atoms with Crippen molar-refractivity contribution in [1.29, 1.82) is 5.26 Å². The van der Waals surface area contributed by atoms with Crippen molar-refractivity contribution in [2.24, 2.45) is 11.1 Å². The Morgan fingerprint density at radius 1 is 1.17 bits per heavy atom. The Labute approximate surface area is 253 Å². The van der Waals surface area contributed by atoms with Crippen LogP contribution in [0.4, 0.5) is 5.13 Å². The number of ether oxygens (including phenoxy) is 2. The van der Waals surface area contributed by atoms with Crippen LogP contribution < -0.4 is 20.1 Å². The molecule has 1 aliphatic heterocycles. The lowest BCUT2D eigenvalue weighted by molar-refractivity contribution is -0.118. The zero-order valence-electron chi connectivity index (χ0n) is 24.1. The van der Waals surface area contributed by atoms with Gasteiger partial charge in [-0.2, -0.15) is 5.26 Å². The van der Waals surface area contributed by atoms with Crippen LogP contribution in [0.3, 0.4) is 0 Å². The van der Waals surface area contributed by atoms with Gasteiger partial charge >= 0.3 is 0 Å². The van der Waals surface area contributed by atoms with Crippen LogP contribution >= 0.6 is 23.1 Å². The zero-order chi connectivity index (χ0) is 30.2. The average molecular weight is 602 g/mol. The van der Waals surface area contributed by atoms with Gasteiger partial charge in [-0.25, -0.2) is 0 Å². The number of methoxy groups -OCH3 is 2. The number of ketones is 2. The molecule has 3 aromatic rings. The zero-order valence-corrected chi connectivity index (χ0v) is 25.7. The number of nitrogens with two attached hydrogens (primary N) is 1. The smallest absolute Gasteiger partial charge is 0.219 e. The first-order valence-corrected chi connectivity index (χ1v) is 15.1. The van der Waals surface area contributed by atoms with E-state index in [1.54, 1.807) is 37.3 Å². The minimum atomic E-state index is -0.733. The van der Waals surface area contributed by atoms with Crippen LogP contribution in [0.25, 0.3) is 0 Å². The second-order valence-corrected chi connectivity index (χ2v) is 13.2. The summed E-state index contributed by atoms with van der Waals surface area (Å²) in [5, 5.41) is 19.5. The molecule has 0 amide bonds. The van der Waals surface area contributed by atoms with Gasteiger partial charge in [-0.1, -0.05) is 66.8 Å². The van der Waals surface area contributed by atoms with Gasteiger partial charge < -0.3 is 15.2 Å². The molecule has 1 aromatic heterocycles. The van der Waals surface area contributed by atoms with Crippen molar-refractivity contribution in [2.75, 3.05) is 24.9 Å². The Morgan fingerprint density at radius 2 is 1.90 bits per heavy atom. The molecule has 0 radical (unpaired) electrons. The number of benzene rings is 2. The highest BCUT2D eigenvalue weighted by atomic mass is 32.2. The van der Waals surface area contributed by atoms with Gasteiger partial charge in [-0.05, 0) is 37.0 Å². The highest BCUT2D eigenvalue weighted by Gasteiger charge is 2.46. The van der Waals surface area contributed by atoms with Gasteiger partial charge in [0.1, 0.15) is 17.3 Å². The molecule has 0 saturated carbocycles. The summed E-state index contributed by atoms with van der Waals surface area (Å²) in [6.07, 6.45) is 0.851. The van der Waals surface area contributed by atoms with Gasteiger partial charge in [0.2, 0.25) is 5.13 Å². The molecule has 0 spiro atoms. The first kappa shape index (κ1) is 29.4. The summed E-state index contributed by atoms with van der Waals surface area (Å²) in [5.41, 5.74) is 10.2. The minimum Gasteiger partial charge on any atom is -0.497 e. The maximum atomic E-state index is 13.9. The number of hydrogen-bond acceptors (Lipinski definition) is 11. The molecule has 1 unspecified atom stereocenters. The van der Waals surface area contributed by atoms with E-state index in [0.717, 1.165) is 5.56 Å². The van der Waals surface area contributed by atoms with Crippen LogP contribution in [0.2, 0.25) is 0 Å². The van der Waals surface area contributed by atoms with Crippen molar-refractivity contribution >= 4 is 39.8 Å². The fraction of sp³-hybridized carbons (Fsp3) is 0.323. The number of anilines is 1. The van der Waals surface area contributed by atoms with Crippen molar-refractivity contribution in [3.8, 4) is 17.6 Å². The predicted molar refractivity (Wildman–Crippen MR) is 163 cm³/mol. The second-order valence-electron chi connectivity index (χ2n) is 11.0. The highest BCUT2D eigenvalue weighted by Crippen LogP contribution is 2.52. The van der Waals surface area contributed by atoms with Crippen LogP contribution in [0.1, 0.15) is 54.1 Å². The molecule has 2 aromatic carbocycles. The number of nitrogens with zero attached hydrogens (tertiary/aromatic N) is 4. The second kappa shape index (κ2) is 11.6. The quantitative estimate of drug-likeness (QED) is 0.250. The maximum Gasteiger partial charge on any atom is 0.219 e. The molecular formula is C31H31N5O4S2. The summed E-state index contributed by atoms with van der Waals surface area (Å²) in [6.45, 7) is 6.04. The number of carbonyl (C=O) groups is 2. The number of hydrogen-bond donors (Lipinski definition) is 1. The third kappa shape index (κ3) is 5.52. The molecule has 1 atom stereocenters. The lowest BCUT2D eigenvalue weighted by Gasteiger charge is -2.42. The van der Waals surface area contributed by atoms with Gasteiger partial charge in [0.05, 0.1) is 37.5 Å². The van der Waals surface area contributed by atoms with E-state index >= 15 is 0 Å². The average Bonchev–Trinajstić information content (AvgIpc) is 3.43. The van der Waals surface area contributed by atoms with E-state index in [1.165, 1.54) is 23.1 Å². The summed E-state index contributed by atoms with van der Waals surface area (Å²) < 4.78 is 11.7. The Morgan fingerprint density at radius 3 is 2.57 bits per heavy atom. The molecule has 2 N–H and O–H groups in total. The molecule has 2 aliphatic rings. The maximum absolute atomic E-state index is 13.9. The largest absolute Gasteiger partial charge is 0.497 e. The molecule has 11 heteroatoms. The molecule has 1 aliphatic carbocycles. The van der Waals surface area contributed by atoms with Crippen LogP contribution in [-0.2, 0) is 4.79 Å². The number of Topliss-reactive ketones (excluding diaryl/α,β-unsaturated/α-hetero) is 2. The first-order chi connectivity index (χ1) is 20.1. The molecule has 2 heterocycles. The van der Waals surface area contributed by atoms with E-state index < -0.39 is 5.92 Å². The third-order valence-corrected chi connectivity index (χ3v) is 9.46. The standard InChI is InChI=1S/C31H31N5O4S2/c1-17-6-8-18(9-7-17)24(38)16-41-30-35-34-29(42-30)36-22-13-31(2,3)14-23(37)27(22)26(21(15-32)28(36)33)20-12-19(39-4)10-11-25(20)40-5/h6-12,26H,13-14,16,33H2,1-5H3. The van der Waals surface area contributed by atoms with Crippen molar-refractivity contribution in [3.05, 3.63) is 81.8 Å². The number of aromatic nitrogens is 2. The molecule has 42 heavy (non-hydrogen) atoms. The van der Waals surface area contributed by atoms with E-state index in [0.29, 0.717) is 56.2 Å². The Balaban J connectivity index is 1.56. The van der Waals surface area contributed by atoms with Crippen LogP contribution in [0.5, 0.6) is 11.5 Å². The lowest BCUT2D eigenvalue weighted by atomic mass is 9.68. The monoisotopic (exact) mass is 601 g/mol. The van der Waals surface area contributed by atoms with Crippen molar-refractivity contribution in [1.82, 2.24) is 10.2 Å². The number of rotatable bonds is 8. The molecule has 5 rings (SSSR count). The highest BCUT2D eigenvalue weighted by molar-refractivity contribution is 8.01. The normalized spacial score (nSPS) is 18.0. The first-order valence-electron chi connectivity index (χ1n) is 13.3. The molecular weight excluding hydrogens is 571 g/mol. The molecule has 0 fully saturated rings. The van der Waals surface area contributed by atoms with Gasteiger partial charge in [0.15, 0.2) is 15.9 Å². The molecule has 0 saturated heterocycles. The predicted octanol–water partition coefficient (Wildman–Crippen LogP) is 5.78. The lowest BCUT2D eigenvalue weighted by Crippen LogP contribution is -2.42. The SMILES string of the molecule is COc1ccc(OC)c(C2C(C#N)=C(N)N(c3nnc(SCC(=O)c4ccc(C)cc4)s3)C3=C2C(=O)CC(C)(C)C3)c1. The summed E-state index contributed by atoms with van der Waals surface area (Å²) in [5.74, 6) is 0.658. The summed E-state index contributed by atoms with van der Waals surface area (Å²) >= 11 is 2.55. The van der Waals surface area contributed by atoms with E-state index in [9.17, 15) is 14.9 Å². The Bertz CT molecular complexity index is 1670. The van der Waals surface area contributed by atoms with E-state index in [2.05, 4.69) is 16.3 Å². The van der Waals surface area contributed by atoms with E-state index in [4.69, 9.17) is 15.2 Å². The Hall–Kier alpha value is -4.14. The van der Waals surface area contributed by atoms with Crippen LogP contribution in [-0.4, -0.2) is 41.7 Å². The van der Waals surface area contributed by atoms with Gasteiger partial charge in [-0.3, -0.25) is 14.5 Å². The summed E-state index contributed by atoms with van der Waals surface area (Å²) in [7, 11) is 3.10. The van der Waals surface area contributed by atoms with E-state index in [-0.39, 0.29) is 34.1 Å². The number of carbonyl (C=O) groups excluding carboxylic acids is 2. The summed E-state index contributed by atoms with van der Waals surface area (Å²) in [6, 6.07) is 15.0. The van der Waals surface area contributed by atoms with Crippen LogP contribution in [0, 0.1) is 23.7 Å². The van der Waals surface area contributed by atoms with Gasteiger partial charge in [0.25, 0.3) is 0 Å². The molecule has 0 bridgehead atoms. The number of nitriles is 1. The number of thioether (sulfide) groups is 1. The fourth-order valence-corrected chi connectivity index (χ4v) is 7.18. The minimum absolute atomic E-state index is 0.0133. The molecule has 216 valence electrons. The van der Waals surface area contributed by atoms with E-state index in [1.807, 2.05) is 45.0 Å². The van der Waals surface area contributed by atoms with Gasteiger partial charge in [-0.15, -0.1) is 10.2 Å². The fourth-order valence-electron chi connectivity index (χ4n) is 5.40. The van der Waals surface area contributed by atoms with Crippen molar-refractivity contribution in [3.63, 3.8) is 0 Å². The number of aryl methyl sites for hydroxylation is 1. The van der Waals surface area contributed by atoms with Crippen molar-refractivity contribution < 1.29 is 19.1 Å².